The summed E-state index contributed by atoms with van der Waals surface area (Å²) >= 11 is 6.08. The molecule has 1 saturated carbocycles. The van der Waals surface area contributed by atoms with E-state index in [0.29, 0.717) is 29.1 Å². The van der Waals surface area contributed by atoms with Gasteiger partial charge >= 0.3 is 0 Å². The summed E-state index contributed by atoms with van der Waals surface area (Å²) in [5, 5.41) is 8.67. The molecule has 2 aromatic rings. The predicted octanol–water partition coefficient (Wildman–Crippen LogP) is 2.94. The summed E-state index contributed by atoms with van der Waals surface area (Å²) in [4.78, 5) is 14.5. The molecule has 8 nitrogen and oxygen atoms in total. The average molecular weight is 452 g/mol. The van der Waals surface area contributed by atoms with E-state index in [1.54, 1.807) is 36.0 Å². The molecule has 2 aliphatic rings. The summed E-state index contributed by atoms with van der Waals surface area (Å²) in [6, 6.07) is 4.88. The lowest BCUT2D eigenvalue weighted by Crippen LogP contribution is -2.38. The van der Waals surface area contributed by atoms with Crippen LogP contribution in [-0.2, 0) is 10.0 Å². The summed E-state index contributed by atoms with van der Waals surface area (Å²) in [6.45, 7) is 3.27. The zero-order valence-electron chi connectivity index (χ0n) is 16.9. The Kier molecular flexibility index (Phi) is 6.13. The predicted molar refractivity (Wildman–Crippen MR) is 113 cm³/mol. The van der Waals surface area contributed by atoms with Crippen molar-refractivity contribution in [3.63, 3.8) is 0 Å². The first kappa shape index (κ1) is 21.3. The number of likely N-dealkylation sites (tertiary alicyclic amines) is 1. The Bertz CT molecular complexity index is 1020. The van der Waals surface area contributed by atoms with Gasteiger partial charge in [-0.2, -0.15) is 0 Å². The van der Waals surface area contributed by atoms with Gasteiger partial charge in [-0.3, -0.25) is 4.79 Å². The molecule has 1 N–H and O–H groups in total. The van der Waals surface area contributed by atoms with Gasteiger partial charge in [-0.1, -0.05) is 22.9 Å². The third kappa shape index (κ3) is 4.38. The third-order valence-electron chi connectivity index (χ3n) is 6.02. The van der Waals surface area contributed by atoms with Crippen LogP contribution in [0.1, 0.15) is 60.6 Å². The van der Waals surface area contributed by atoms with Crippen LogP contribution in [0.25, 0.3) is 0 Å². The van der Waals surface area contributed by atoms with Gasteiger partial charge in [0.25, 0.3) is 5.91 Å². The first-order valence-electron chi connectivity index (χ1n) is 10.3. The fourth-order valence-electron chi connectivity index (χ4n) is 4.26. The van der Waals surface area contributed by atoms with E-state index in [1.165, 1.54) is 0 Å². The molecule has 4 rings (SSSR count). The van der Waals surface area contributed by atoms with Crippen molar-refractivity contribution in [2.24, 2.45) is 0 Å². The van der Waals surface area contributed by atoms with E-state index in [1.807, 2.05) is 4.90 Å². The lowest BCUT2D eigenvalue weighted by molar-refractivity contribution is 0.0787. The van der Waals surface area contributed by atoms with Gasteiger partial charge in [-0.15, -0.1) is 5.10 Å². The Balaban J connectivity index is 1.36. The van der Waals surface area contributed by atoms with Gasteiger partial charge < -0.3 is 4.90 Å². The van der Waals surface area contributed by atoms with Crippen LogP contribution in [0.15, 0.2) is 29.3 Å². The number of nitrogens with one attached hydrogen (secondary N) is 1. The van der Waals surface area contributed by atoms with Gasteiger partial charge in [0.1, 0.15) is 0 Å². The maximum atomic E-state index is 12.8. The monoisotopic (exact) mass is 451 g/mol. The summed E-state index contributed by atoms with van der Waals surface area (Å²) in [5.74, 6) is -0.0583. The Morgan fingerprint density at radius 2 is 1.87 bits per heavy atom. The normalized spacial score (nSPS) is 22.4. The highest BCUT2D eigenvalue weighted by Gasteiger charge is 2.29. The van der Waals surface area contributed by atoms with E-state index in [4.69, 9.17) is 11.6 Å². The molecule has 1 aromatic heterocycles. The van der Waals surface area contributed by atoms with Gasteiger partial charge in [0.2, 0.25) is 10.0 Å². The maximum Gasteiger partial charge on any atom is 0.276 e. The number of carbonyl (C=O) groups is 1. The number of benzene rings is 1. The molecule has 10 heteroatoms. The molecule has 162 valence electrons. The molecular weight excluding hydrogens is 426 g/mol. The van der Waals surface area contributed by atoms with Crippen LogP contribution in [0.4, 0.5) is 0 Å². The van der Waals surface area contributed by atoms with E-state index in [0.717, 1.165) is 38.8 Å². The van der Waals surface area contributed by atoms with E-state index in [-0.39, 0.29) is 22.9 Å². The van der Waals surface area contributed by atoms with Gasteiger partial charge in [-0.05, 0) is 63.1 Å². The number of sulfonamides is 1. The van der Waals surface area contributed by atoms with Crippen molar-refractivity contribution in [1.82, 2.24) is 24.6 Å². The summed E-state index contributed by atoms with van der Waals surface area (Å²) in [7, 11) is -3.63. The Labute approximate surface area is 181 Å². The SMILES string of the molecule is Cc1c(Cl)cccc1S(=O)(=O)NC1CCC(n2cc(C(=O)N3CCCC3)nn2)CC1. The average Bonchev–Trinajstić information content (AvgIpc) is 3.42. The molecule has 0 radical (unpaired) electrons. The Morgan fingerprint density at radius 1 is 1.17 bits per heavy atom. The Morgan fingerprint density at radius 3 is 2.57 bits per heavy atom. The highest BCUT2D eigenvalue weighted by molar-refractivity contribution is 7.89. The smallest absolute Gasteiger partial charge is 0.276 e. The minimum Gasteiger partial charge on any atom is -0.337 e. The van der Waals surface area contributed by atoms with Crippen LogP contribution < -0.4 is 4.72 Å². The van der Waals surface area contributed by atoms with Gasteiger partial charge in [-0.25, -0.2) is 17.8 Å². The summed E-state index contributed by atoms with van der Waals surface area (Å²) in [5.41, 5.74) is 0.939. The highest BCUT2D eigenvalue weighted by atomic mass is 35.5. The van der Waals surface area contributed by atoms with Crippen molar-refractivity contribution >= 4 is 27.5 Å². The first-order valence-corrected chi connectivity index (χ1v) is 12.2. The molecule has 0 bridgehead atoms. The number of aromatic nitrogens is 3. The van der Waals surface area contributed by atoms with Crippen molar-refractivity contribution < 1.29 is 13.2 Å². The van der Waals surface area contributed by atoms with E-state index >= 15 is 0 Å². The molecule has 0 spiro atoms. The van der Waals surface area contributed by atoms with Crippen LogP contribution in [0.5, 0.6) is 0 Å². The molecule has 0 atom stereocenters. The second-order valence-electron chi connectivity index (χ2n) is 8.07. The van der Waals surface area contributed by atoms with Crippen molar-refractivity contribution in [2.75, 3.05) is 13.1 Å². The molecule has 1 aliphatic heterocycles. The van der Waals surface area contributed by atoms with Crippen LogP contribution in [0.2, 0.25) is 5.02 Å². The van der Waals surface area contributed by atoms with Crippen LogP contribution >= 0.6 is 11.6 Å². The number of hydrogen-bond acceptors (Lipinski definition) is 5. The molecule has 2 fully saturated rings. The summed E-state index contributed by atoms with van der Waals surface area (Å²) < 4.78 is 30.2. The van der Waals surface area contributed by atoms with Crippen LogP contribution in [0, 0.1) is 6.92 Å². The molecule has 1 amide bonds. The Hall–Kier alpha value is -1.97. The van der Waals surface area contributed by atoms with Crippen molar-refractivity contribution in [2.45, 2.75) is 62.4 Å². The van der Waals surface area contributed by atoms with Crippen LogP contribution in [0.3, 0.4) is 0 Å². The minimum atomic E-state index is -3.63. The van der Waals surface area contributed by atoms with Gasteiger partial charge in [0.05, 0.1) is 17.1 Å². The number of nitrogens with zero attached hydrogens (tertiary/aromatic N) is 4. The molecule has 30 heavy (non-hydrogen) atoms. The summed E-state index contributed by atoms with van der Waals surface area (Å²) in [6.07, 6.45) is 6.72. The molecule has 2 heterocycles. The largest absolute Gasteiger partial charge is 0.337 e. The van der Waals surface area contributed by atoms with Gasteiger partial charge in [0, 0.05) is 24.2 Å². The minimum absolute atomic E-state index is 0.0583. The molecule has 1 aliphatic carbocycles. The van der Waals surface area contributed by atoms with E-state index in [2.05, 4.69) is 15.0 Å². The number of amides is 1. The maximum absolute atomic E-state index is 12.8. The lowest BCUT2D eigenvalue weighted by Gasteiger charge is -2.29. The van der Waals surface area contributed by atoms with Gasteiger partial charge in [0.15, 0.2) is 5.69 Å². The van der Waals surface area contributed by atoms with E-state index in [9.17, 15) is 13.2 Å². The zero-order valence-corrected chi connectivity index (χ0v) is 18.5. The molecule has 1 aromatic carbocycles. The fourth-order valence-corrected chi connectivity index (χ4v) is 6.06. The first-order chi connectivity index (χ1) is 14.3. The van der Waals surface area contributed by atoms with Crippen LogP contribution in [-0.4, -0.2) is 53.4 Å². The van der Waals surface area contributed by atoms with Crippen molar-refractivity contribution in [3.8, 4) is 0 Å². The molecule has 0 unspecified atom stereocenters. The topological polar surface area (TPSA) is 97.2 Å². The molecule has 1 saturated heterocycles. The number of halogens is 1. The number of rotatable bonds is 5. The lowest BCUT2D eigenvalue weighted by atomic mass is 9.92. The highest BCUT2D eigenvalue weighted by Crippen LogP contribution is 2.30. The van der Waals surface area contributed by atoms with Crippen molar-refractivity contribution in [1.29, 1.82) is 0 Å². The quantitative estimate of drug-likeness (QED) is 0.753. The van der Waals surface area contributed by atoms with E-state index < -0.39 is 10.0 Å². The zero-order chi connectivity index (χ0) is 21.3. The molecular formula is C20H26ClN5O3S. The number of carbonyl (C=O) groups excluding carboxylic acids is 1. The second kappa shape index (κ2) is 8.64. The standard InChI is InChI=1S/C20H26ClN5O3S/c1-14-17(21)5-4-6-19(14)30(28,29)23-15-7-9-16(10-8-15)26-13-18(22-24-26)20(27)25-11-2-3-12-25/h4-6,13,15-16,23H,2-3,7-12H2,1H3. The van der Waals surface area contributed by atoms with Crippen molar-refractivity contribution in [3.05, 3.63) is 40.7 Å². The third-order valence-corrected chi connectivity index (χ3v) is 8.10. The number of hydrogen-bond donors (Lipinski definition) is 1. The second-order valence-corrected chi connectivity index (χ2v) is 10.2. The fraction of sp³-hybridized carbons (Fsp3) is 0.550.